The molecule has 2 aromatic rings. The largest absolute Gasteiger partial charge is 0.497 e. The number of carbonyl (C=O) groups is 2. The van der Waals surface area contributed by atoms with Crippen LogP contribution in [0.4, 0.5) is 23.2 Å². The summed E-state index contributed by atoms with van der Waals surface area (Å²) in [6.07, 6.45) is -1.56. The van der Waals surface area contributed by atoms with Crippen molar-refractivity contribution in [2.45, 2.75) is 43.9 Å². The summed E-state index contributed by atoms with van der Waals surface area (Å²) in [7, 11) is 2.70. The fraction of sp³-hybridized carbons (Fsp3) is 0.517. The lowest BCUT2D eigenvalue weighted by Gasteiger charge is -2.40. The molecule has 2 aliphatic heterocycles. The van der Waals surface area contributed by atoms with E-state index in [1.807, 2.05) is 6.07 Å². The van der Waals surface area contributed by atoms with Gasteiger partial charge in [0.25, 0.3) is 17.4 Å². The molecule has 2 fully saturated rings. The first-order valence-electron chi connectivity index (χ1n) is 13.6. The number of likely N-dealkylation sites (tertiary alicyclic amines) is 1. The van der Waals surface area contributed by atoms with Crippen LogP contribution in [0.25, 0.3) is 0 Å². The van der Waals surface area contributed by atoms with Crippen molar-refractivity contribution in [2.24, 2.45) is 11.8 Å². The molecule has 2 amide bonds. The lowest BCUT2D eigenvalue weighted by molar-refractivity contribution is -0.262. The van der Waals surface area contributed by atoms with E-state index in [2.05, 4.69) is 10.2 Å². The van der Waals surface area contributed by atoms with Crippen LogP contribution in [-0.4, -0.2) is 68.3 Å². The van der Waals surface area contributed by atoms with Crippen molar-refractivity contribution < 1.29 is 37.0 Å². The van der Waals surface area contributed by atoms with Gasteiger partial charge in [0.1, 0.15) is 11.6 Å². The first-order valence-corrected chi connectivity index (χ1v) is 13.9. The highest BCUT2D eigenvalue weighted by Gasteiger charge is 2.62. The number of rotatable bonds is 7. The monoisotopic (exact) mass is 599 g/mol. The molecule has 2 saturated heterocycles. The van der Waals surface area contributed by atoms with E-state index >= 15 is 0 Å². The maximum Gasteiger partial charge on any atom is 0.430 e. The van der Waals surface area contributed by atoms with Gasteiger partial charge in [0.05, 0.1) is 17.7 Å². The van der Waals surface area contributed by atoms with Crippen LogP contribution in [0.3, 0.4) is 0 Å². The van der Waals surface area contributed by atoms with Crippen LogP contribution in [0.15, 0.2) is 36.4 Å². The van der Waals surface area contributed by atoms with Gasteiger partial charge in [-0.25, -0.2) is 4.39 Å². The highest BCUT2D eigenvalue weighted by molar-refractivity contribution is 6.34. The highest BCUT2D eigenvalue weighted by atomic mass is 35.5. The van der Waals surface area contributed by atoms with Crippen LogP contribution in [0.5, 0.6) is 5.75 Å². The Morgan fingerprint density at radius 2 is 1.63 bits per heavy atom. The predicted molar refractivity (Wildman–Crippen MR) is 147 cm³/mol. The van der Waals surface area contributed by atoms with E-state index in [0.717, 1.165) is 62.2 Å². The van der Waals surface area contributed by atoms with Crippen molar-refractivity contribution in [1.82, 2.24) is 10.2 Å². The summed E-state index contributed by atoms with van der Waals surface area (Å²) in [5.74, 6) is -2.36. The molecule has 2 heterocycles. The number of amides is 2. The van der Waals surface area contributed by atoms with Crippen molar-refractivity contribution in [3.8, 4) is 5.75 Å². The number of halogens is 5. The second-order valence-corrected chi connectivity index (χ2v) is 11.1. The Bertz CT molecular complexity index is 1260. The maximum atomic E-state index is 14.1. The Morgan fingerprint density at radius 1 is 1.02 bits per heavy atom. The van der Waals surface area contributed by atoms with Gasteiger partial charge in [0.15, 0.2) is 0 Å². The number of ether oxygens (including phenoxy) is 1. The number of aliphatic hydroxyl groups is 1. The second kappa shape index (κ2) is 12.4. The minimum Gasteiger partial charge on any atom is -0.497 e. The lowest BCUT2D eigenvalue weighted by Crippen LogP contribution is -2.57. The molecule has 7 nitrogen and oxygen atoms in total. The molecular formula is C29H34ClF4N3O4. The fourth-order valence-corrected chi connectivity index (χ4v) is 6.08. The molecule has 12 heteroatoms. The summed E-state index contributed by atoms with van der Waals surface area (Å²) in [5.41, 5.74) is -3.43. The molecule has 0 saturated carbocycles. The van der Waals surface area contributed by atoms with E-state index in [0.29, 0.717) is 35.4 Å². The molecule has 1 unspecified atom stereocenters. The third kappa shape index (κ3) is 6.56. The molecule has 2 N–H and O–H groups in total. The molecule has 41 heavy (non-hydrogen) atoms. The van der Waals surface area contributed by atoms with Gasteiger partial charge in [-0.2, -0.15) is 13.2 Å². The predicted octanol–water partition coefficient (Wildman–Crippen LogP) is 5.14. The standard InChI is InChI=1S/C29H34ClF4N3O4/c1-35-26(38)24-4-3-22(17-25(24)30)36-9-5-18(6-10-36)13-19-7-11-37(12-8-19)27(39)28(40,29(32,33)34)20-14-21(31)16-23(15-20)41-2/h3-4,14-19,40H,5-13H2,1-2H3,(H,35,38). The summed E-state index contributed by atoms with van der Waals surface area (Å²) in [6, 6.07) is 7.60. The summed E-state index contributed by atoms with van der Waals surface area (Å²) in [4.78, 5) is 28.2. The summed E-state index contributed by atoms with van der Waals surface area (Å²) >= 11 is 6.31. The van der Waals surface area contributed by atoms with Crippen molar-refractivity contribution in [3.05, 3.63) is 58.4 Å². The normalized spacial score (nSPS) is 18.6. The molecule has 2 aliphatic rings. The van der Waals surface area contributed by atoms with E-state index < -0.39 is 29.1 Å². The average molecular weight is 600 g/mol. The van der Waals surface area contributed by atoms with E-state index in [1.54, 1.807) is 19.2 Å². The molecule has 2 aromatic carbocycles. The maximum absolute atomic E-state index is 14.1. The zero-order valence-electron chi connectivity index (χ0n) is 22.9. The van der Waals surface area contributed by atoms with Crippen LogP contribution in [0.1, 0.15) is 48.0 Å². The van der Waals surface area contributed by atoms with Crippen molar-refractivity contribution in [1.29, 1.82) is 0 Å². The van der Waals surface area contributed by atoms with E-state index in [-0.39, 0.29) is 30.7 Å². The Kier molecular flexibility index (Phi) is 9.38. The van der Waals surface area contributed by atoms with Gasteiger partial charge in [-0.3, -0.25) is 9.59 Å². The number of anilines is 1. The zero-order chi connectivity index (χ0) is 29.9. The molecule has 224 valence electrons. The minimum absolute atomic E-state index is 0.0728. The van der Waals surface area contributed by atoms with Gasteiger partial charge in [-0.15, -0.1) is 0 Å². The van der Waals surface area contributed by atoms with E-state index in [1.165, 1.54) is 0 Å². The number of piperidine rings is 2. The quantitative estimate of drug-likeness (QED) is 0.431. The van der Waals surface area contributed by atoms with Crippen LogP contribution in [0.2, 0.25) is 5.02 Å². The van der Waals surface area contributed by atoms with Crippen molar-refractivity contribution >= 4 is 29.1 Å². The Morgan fingerprint density at radius 3 is 2.17 bits per heavy atom. The number of alkyl halides is 3. The van der Waals surface area contributed by atoms with Gasteiger partial charge >= 0.3 is 6.18 Å². The topological polar surface area (TPSA) is 82.1 Å². The van der Waals surface area contributed by atoms with Crippen LogP contribution >= 0.6 is 11.6 Å². The number of hydrogen-bond acceptors (Lipinski definition) is 5. The Labute approximate surface area is 241 Å². The second-order valence-electron chi connectivity index (χ2n) is 10.7. The summed E-state index contributed by atoms with van der Waals surface area (Å²) in [6.45, 7) is 1.77. The van der Waals surface area contributed by atoms with Crippen molar-refractivity contribution in [2.75, 3.05) is 45.2 Å². The molecule has 0 aromatic heterocycles. The zero-order valence-corrected chi connectivity index (χ0v) is 23.7. The van der Waals surface area contributed by atoms with Crippen LogP contribution in [-0.2, 0) is 10.4 Å². The Hall–Kier alpha value is -3.05. The molecular weight excluding hydrogens is 566 g/mol. The number of carbonyl (C=O) groups excluding carboxylic acids is 2. The van der Waals surface area contributed by atoms with Gasteiger partial charge in [-0.05, 0) is 74.3 Å². The first-order chi connectivity index (χ1) is 19.4. The van der Waals surface area contributed by atoms with Crippen LogP contribution < -0.4 is 15.0 Å². The van der Waals surface area contributed by atoms with E-state index in [9.17, 15) is 32.3 Å². The lowest BCUT2D eigenvalue weighted by atomic mass is 9.82. The molecule has 0 spiro atoms. The first kappa shape index (κ1) is 30.9. The average Bonchev–Trinajstić information content (AvgIpc) is 2.95. The van der Waals surface area contributed by atoms with Gasteiger partial charge in [0, 0.05) is 50.5 Å². The molecule has 0 bridgehead atoms. The van der Waals surface area contributed by atoms with E-state index in [4.69, 9.17) is 16.3 Å². The Balaban J connectivity index is 1.33. The van der Waals surface area contributed by atoms with Gasteiger partial charge < -0.3 is 25.0 Å². The SMILES string of the molecule is CNC(=O)c1ccc(N2CCC(CC3CCN(C(=O)C(O)(c4cc(F)cc(OC)c4)C(F)(F)F)CC3)CC2)cc1Cl. The van der Waals surface area contributed by atoms with Crippen molar-refractivity contribution in [3.63, 3.8) is 0 Å². The number of hydrogen-bond donors (Lipinski definition) is 2. The molecule has 0 radical (unpaired) electrons. The molecule has 4 rings (SSSR count). The number of nitrogens with zero attached hydrogens (tertiary/aromatic N) is 2. The third-order valence-electron chi connectivity index (χ3n) is 8.22. The molecule has 0 aliphatic carbocycles. The fourth-order valence-electron chi connectivity index (χ4n) is 5.82. The molecule has 1 atom stereocenters. The summed E-state index contributed by atoms with van der Waals surface area (Å²) in [5, 5.41) is 13.7. The van der Waals surface area contributed by atoms with Gasteiger partial charge in [0.2, 0.25) is 0 Å². The smallest absolute Gasteiger partial charge is 0.430 e. The highest BCUT2D eigenvalue weighted by Crippen LogP contribution is 2.43. The number of methoxy groups -OCH3 is 1. The van der Waals surface area contributed by atoms with Crippen LogP contribution in [0, 0.1) is 17.7 Å². The number of benzene rings is 2. The summed E-state index contributed by atoms with van der Waals surface area (Å²) < 4.78 is 61.2. The minimum atomic E-state index is -5.36. The number of nitrogens with one attached hydrogen (secondary N) is 1. The third-order valence-corrected chi connectivity index (χ3v) is 8.53. The van der Waals surface area contributed by atoms with Gasteiger partial charge in [-0.1, -0.05) is 11.6 Å².